The molecule has 0 bridgehead atoms. The van der Waals surface area contributed by atoms with Gasteiger partial charge in [-0.1, -0.05) is 67.8 Å². The van der Waals surface area contributed by atoms with Gasteiger partial charge in [0.25, 0.3) is 0 Å². The number of hydrogen-bond acceptors (Lipinski definition) is 2. The van der Waals surface area contributed by atoms with Crippen LogP contribution >= 0.6 is 0 Å². The van der Waals surface area contributed by atoms with Gasteiger partial charge in [-0.15, -0.1) is 0 Å². The third-order valence-electron chi connectivity index (χ3n) is 7.88. The zero-order chi connectivity index (χ0) is 22.3. The summed E-state index contributed by atoms with van der Waals surface area (Å²) in [5, 5.41) is 2.61. The van der Waals surface area contributed by atoms with Crippen molar-refractivity contribution in [1.82, 2.24) is 4.90 Å². The Kier molecular flexibility index (Phi) is 7.63. The minimum Gasteiger partial charge on any atom is -0.494 e. The van der Waals surface area contributed by atoms with Gasteiger partial charge >= 0.3 is 0 Å². The summed E-state index contributed by atoms with van der Waals surface area (Å²) in [5.74, 6) is 2.96. The fourth-order valence-corrected chi connectivity index (χ4v) is 5.98. The van der Waals surface area contributed by atoms with Crippen LogP contribution in [-0.4, -0.2) is 24.6 Å². The molecule has 1 saturated heterocycles. The average molecular weight is 442 g/mol. The lowest BCUT2D eigenvalue weighted by atomic mass is 9.75. The number of aryl methyl sites for hydroxylation is 1. The fraction of sp³-hybridized carbons (Fsp3) is 0.484. The van der Waals surface area contributed by atoms with Gasteiger partial charge in [0.05, 0.1) is 6.61 Å². The molecular weight excluding hydrogens is 402 g/mol. The molecule has 3 aromatic carbocycles. The average Bonchev–Trinajstić information content (AvgIpc) is 2.86. The molecule has 2 fully saturated rings. The largest absolute Gasteiger partial charge is 0.494 e. The van der Waals surface area contributed by atoms with Crippen LogP contribution in [0.15, 0.2) is 66.7 Å². The van der Waals surface area contributed by atoms with Crippen molar-refractivity contribution in [2.24, 2.45) is 11.8 Å². The summed E-state index contributed by atoms with van der Waals surface area (Å²) in [7, 11) is 0. The Labute approximate surface area is 200 Å². The molecule has 3 aromatic rings. The van der Waals surface area contributed by atoms with Crippen LogP contribution in [0.5, 0.6) is 5.75 Å². The van der Waals surface area contributed by atoms with Crippen LogP contribution in [-0.2, 0) is 13.0 Å². The summed E-state index contributed by atoms with van der Waals surface area (Å²) >= 11 is 0. The van der Waals surface area contributed by atoms with Crippen LogP contribution in [0.2, 0.25) is 0 Å². The molecule has 5 rings (SSSR count). The summed E-state index contributed by atoms with van der Waals surface area (Å²) in [5.41, 5.74) is 2.88. The Morgan fingerprint density at radius 3 is 2.45 bits per heavy atom. The number of ether oxygens (including phenoxy) is 1. The van der Waals surface area contributed by atoms with Crippen molar-refractivity contribution in [3.63, 3.8) is 0 Å². The van der Waals surface area contributed by atoms with Crippen molar-refractivity contribution >= 4 is 10.8 Å². The SMILES string of the molecule is c1ccc(CCCCCOc2ccc3cc(CN4CCC5CCCCC5C4)ccc3c2)cc1. The maximum absolute atomic E-state index is 6.06. The van der Waals surface area contributed by atoms with Crippen molar-refractivity contribution < 1.29 is 4.74 Å². The van der Waals surface area contributed by atoms with E-state index in [1.165, 1.54) is 79.9 Å². The van der Waals surface area contributed by atoms with Crippen molar-refractivity contribution in [3.8, 4) is 5.75 Å². The second kappa shape index (κ2) is 11.2. The van der Waals surface area contributed by atoms with Gasteiger partial charge in [0.1, 0.15) is 5.75 Å². The Balaban J connectivity index is 1.08. The molecule has 0 amide bonds. The number of piperidine rings is 1. The first kappa shape index (κ1) is 22.5. The van der Waals surface area contributed by atoms with Gasteiger partial charge in [-0.3, -0.25) is 4.90 Å². The summed E-state index contributed by atoms with van der Waals surface area (Å²) in [6.07, 6.45) is 12.0. The lowest BCUT2D eigenvalue weighted by Crippen LogP contribution is -2.41. The zero-order valence-corrected chi connectivity index (χ0v) is 20.1. The number of likely N-dealkylation sites (tertiary alicyclic amines) is 1. The van der Waals surface area contributed by atoms with E-state index in [0.717, 1.165) is 43.6 Å². The predicted molar refractivity (Wildman–Crippen MR) is 139 cm³/mol. The Hall–Kier alpha value is -2.32. The van der Waals surface area contributed by atoms with Crippen molar-refractivity contribution in [2.75, 3.05) is 19.7 Å². The molecule has 1 saturated carbocycles. The first-order valence-corrected chi connectivity index (χ1v) is 13.3. The van der Waals surface area contributed by atoms with Gasteiger partial charge in [-0.05, 0) is 97.0 Å². The minimum atomic E-state index is 0.801. The fourth-order valence-electron chi connectivity index (χ4n) is 5.98. The molecule has 2 heteroatoms. The van der Waals surface area contributed by atoms with E-state index in [1.807, 2.05) is 0 Å². The molecule has 0 spiro atoms. The first-order valence-electron chi connectivity index (χ1n) is 13.3. The molecule has 0 radical (unpaired) electrons. The summed E-state index contributed by atoms with van der Waals surface area (Å²) < 4.78 is 6.06. The normalized spacial score (nSPS) is 21.1. The smallest absolute Gasteiger partial charge is 0.119 e. The van der Waals surface area contributed by atoms with Crippen molar-refractivity contribution in [3.05, 3.63) is 77.9 Å². The molecule has 0 N–H and O–H groups in total. The topological polar surface area (TPSA) is 12.5 Å². The van der Waals surface area contributed by atoms with Crippen molar-refractivity contribution in [2.45, 2.75) is 64.3 Å². The molecule has 2 nitrogen and oxygen atoms in total. The van der Waals surface area contributed by atoms with Crippen LogP contribution < -0.4 is 4.74 Å². The highest BCUT2D eigenvalue weighted by atomic mass is 16.5. The van der Waals surface area contributed by atoms with E-state index in [1.54, 1.807) is 0 Å². The number of nitrogens with zero attached hydrogens (tertiary/aromatic N) is 1. The lowest BCUT2D eigenvalue weighted by Gasteiger charge is -2.41. The van der Waals surface area contributed by atoms with E-state index in [-0.39, 0.29) is 0 Å². The van der Waals surface area contributed by atoms with Gasteiger partial charge in [0.15, 0.2) is 0 Å². The van der Waals surface area contributed by atoms with Crippen molar-refractivity contribution in [1.29, 1.82) is 0 Å². The van der Waals surface area contributed by atoms with Crippen LogP contribution in [0.25, 0.3) is 10.8 Å². The Morgan fingerprint density at radius 2 is 1.55 bits per heavy atom. The predicted octanol–water partition coefficient (Wildman–Crippen LogP) is 7.64. The van der Waals surface area contributed by atoms with E-state index >= 15 is 0 Å². The van der Waals surface area contributed by atoms with E-state index in [9.17, 15) is 0 Å². The van der Waals surface area contributed by atoms with E-state index in [2.05, 4.69) is 71.6 Å². The standard InChI is InChI=1S/C31H39NO/c1-3-9-25(10-4-1)11-5-2-8-20-33-31-17-16-28-21-26(14-15-29(28)22-31)23-32-19-18-27-12-6-7-13-30(27)24-32/h1,3-4,9-10,14-17,21-22,27,30H,2,5-8,11-13,18-20,23-24H2. The maximum atomic E-state index is 6.06. The summed E-state index contributed by atoms with van der Waals surface area (Å²) in [6, 6.07) is 24.3. The highest BCUT2D eigenvalue weighted by Gasteiger charge is 2.30. The van der Waals surface area contributed by atoms with Crippen LogP contribution in [0, 0.1) is 11.8 Å². The number of unbranched alkanes of at least 4 members (excludes halogenated alkanes) is 2. The van der Waals surface area contributed by atoms with E-state index < -0.39 is 0 Å². The van der Waals surface area contributed by atoms with E-state index in [4.69, 9.17) is 4.74 Å². The first-order chi connectivity index (χ1) is 16.3. The molecule has 2 atom stereocenters. The maximum Gasteiger partial charge on any atom is 0.119 e. The number of fused-ring (bicyclic) bond motifs is 2. The summed E-state index contributed by atoms with van der Waals surface area (Å²) in [6.45, 7) is 4.48. The molecule has 2 unspecified atom stereocenters. The molecule has 1 heterocycles. The number of benzene rings is 3. The van der Waals surface area contributed by atoms with Gasteiger partial charge in [-0.2, -0.15) is 0 Å². The molecule has 33 heavy (non-hydrogen) atoms. The summed E-state index contributed by atoms with van der Waals surface area (Å²) in [4.78, 5) is 2.70. The van der Waals surface area contributed by atoms with E-state index in [0.29, 0.717) is 0 Å². The molecule has 174 valence electrons. The zero-order valence-electron chi connectivity index (χ0n) is 20.1. The highest BCUT2D eigenvalue weighted by molar-refractivity contribution is 5.84. The molecular formula is C31H39NO. The van der Waals surface area contributed by atoms with Gasteiger partial charge in [0.2, 0.25) is 0 Å². The highest BCUT2D eigenvalue weighted by Crippen LogP contribution is 2.36. The number of rotatable bonds is 9. The third-order valence-corrected chi connectivity index (χ3v) is 7.88. The van der Waals surface area contributed by atoms with Crippen LogP contribution in [0.3, 0.4) is 0 Å². The van der Waals surface area contributed by atoms with Gasteiger partial charge < -0.3 is 4.74 Å². The molecule has 1 aliphatic heterocycles. The lowest BCUT2D eigenvalue weighted by molar-refractivity contribution is 0.0821. The van der Waals surface area contributed by atoms with Gasteiger partial charge in [0, 0.05) is 13.1 Å². The Morgan fingerprint density at radius 1 is 0.727 bits per heavy atom. The van der Waals surface area contributed by atoms with Crippen LogP contribution in [0.1, 0.15) is 62.5 Å². The molecule has 0 aromatic heterocycles. The number of hydrogen-bond donors (Lipinski definition) is 0. The van der Waals surface area contributed by atoms with Gasteiger partial charge in [-0.25, -0.2) is 0 Å². The monoisotopic (exact) mass is 441 g/mol. The second-order valence-electron chi connectivity index (χ2n) is 10.3. The van der Waals surface area contributed by atoms with Crippen LogP contribution in [0.4, 0.5) is 0 Å². The molecule has 2 aliphatic rings. The Bertz CT molecular complexity index is 1010. The minimum absolute atomic E-state index is 0.801. The quantitative estimate of drug-likeness (QED) is 0.316. The second-order valence-corrected chi connectivity index (χ2v) is 10.3. The molecule has 1 aliphatic carbocycles. The third kappa shape index (κ3) is 6.18.